The Morgan fingerprint density at radius 1 is 1.14 bits per heavy atom. The highest BCUT2D eigenvalue weighted by atomic mass is 32.2. The van der Waals surface area contributed by atoms with E-state index in [1.54, 1.807) is 6.20 Å². The molecule has 4 aliphatic rings. The molecule has 6 rings (SSSR count). The van der Waals surface area contributed by atoms with Gasteiger partial charge in [0.2, 0.25) is 0 Å². The molecular weight excluding hydrogens is 466 g/mol. The molecule has 0 unspecified atom stereocenters. The summed E-state index contributed by atoms with van der Waals surface area (Å²) in [5.74, 6) is 2.39. The number of hydrogen-bond acceptors (Lipinski definition) is 10. The number of anilines is 2. The zero-order valence-electron chi connectivity index (χ0n) is 20.6. The Morgan fingerprint density at radius 3 is 2.60 bits per heavy atom. The van der Waals surface area contributed by atoms with Gasteiger partial charge in [0.15, 0.2) is 17.4 Å². The molecule has 1 N–H and O–H groups in total. The average molecular weight is 500 g/mol. The number of aryl methyl sites for hydroxylation is 1. The van der Waals surface area contributed by atoms with Crippen LogP contribution < -0.4 is 14.5 Å². The molecule has 0 saturated carbocycles. The van der Waals surface area contributed by atoms with Crippen LogP contribution in [0.1, 0.15) is 37.6 Å². The summed E-state index contributed by atoms with van der Waals surface area (Å²) < 4.78 is 17.5. The molecule has 1 atom stereocenters. The molecular formula is C25H33N5O4S. The normalized spacial score (nSPS) is 24.4. The van der Waals surface area contributed by atoms with Crippen molar-refractivity contribution >= 4 is 23.4 Å². The second-order valence-corrected chi connectivity index (χ2v) is 11.5. The molecule has 188 valence electrons. The molecule has 0 aromatic carbocycles. The lowest BCUT2D eigenvalue weighted by Crippen LogP contribution is -2.66. The molecule has 4 aliphatic heterocycles. The molecule has 6 heterocycles. The monoisotopic (exact) mass is 499 g/mol. The van der Waals surface area contributed by atoms with Crippen molar-refractivity contribution in [3.63, 3.8) is 0 Å². The Kier molecular flexibility index (Phi) is 5.82. The van der Waals surface area contributed by atoms with Gasteiger partial charge in [-0.1, -0.05) is 11.8 Å². The van der Waals surface area contributed by atoms with Crippen LogP contribution in [0.3, 0.4) is 0 Å². The highest BCUT2D eigenvalue weighted by Gasteiger charge is 2.48. The maximum Gasteiger partial charge on any atom is 0.175 e. The van der Waals surface area contributed by atoms with Gasteiger partial charge in [-0.2, -0.15) is 0 Å². The van der Waals surface area contributed by atoms with E-state index in [2.05, 4.69) is 28.8 Å². The van der Waals surface area contributed by atoms with Crippen molar-refractivity contribution < 1.29 is 19.3 Å². The minimum atomic E-state index is -0.145. The fourth-order valence-electron chi connectivity index (χ4n) is 5.69. The van der Waals surface area contributed by atoms with Gasteiger partial charge in [-0.15, -0.1) is 0 Å². The maximum absolute atomic E-state index is 10.2. The first-order valence-corrected chi connectivity index (χ1v) is 13.2. The molecule has 0 bridgehead atoms. The Morgan fingerprint density at radius 2 is 1.94 bits per heavy atom. The zero-order chi connectivity index (χ0) is 24.2. The fourth-order valence-corrected chi connectivity index (χ4v) is 6.62. The molecule has 3 fully saturated rings. The summed E-state index contributed by atoms with van der Waals surface area (Å²) in [5, 5.41) is 11.0. The number of aliphatic hydroxyl groups is 1. The predicted octanol–water partition coefficient (Wildman–Crippen LogP) is 2.82. The number of aromatic nitrogens is 3. The smallest absolute Gasteiger partial charge is 0.175 e. The van der Waals surface area contributed by atoms with Gasteiger partial charge in [0.25, 0.3) is 0 Å². The first kappa shape index (κ1) is 23.3. The van der Waals surface area contributed by atoms with Crippen LogP contribution in [0.5, 0.6) is 5.75 Å². The van der Waals surface area contributed by atoms with Gasteiger partial charge in [0, 0.05) is 26.3 Å². The van der Waals surface area contributed by atoms with Gasteiger partial charge < -0.3 is 29.1 Å². The Bertz CT molecular complexity index is 1120. The average Bonchev–Trinajstić information content (AvgIpc) is 3.20. The van der Waals surface area contributed by atoms with Crippen molar-refractivity contribution in [2.24, 2.45) is 5.41 Å². The third kappa shape index (κ3) is 3.94. The second kappa shape index (κ2) is 8.76. The quantitative estimate of drug-likeness (QED) is 0.677. The Labute approximate surface area is 210 Å². The third-order valence-corrected chi connectivity index (χ3v) is 9.18. The van der Waals surface area contributed by atoms with E-state index in [9.17, 15) is 5.11 Å². The summed E-state index contributed by atoms with van der Waals surface area (Å²) in [6.45, 7) is 8.56. The molecule has 2 spiro atoms. The fraction of sp³-hybridized carbons (Fsp3) is 0.640. The van der Waals surface area contributed by atoms with Gasteiger partial charge >= 0.3 is 0 Å². The second-order valence-electron chi connectivity index (χ2n) is 10.5. The SMILES string of the molecule is Cc1nc(N2CCC3(CC2)CO[C@@H](C)C3)c(CO)nc1Sc1ccnc2c1OCC1(COC1)N2C. The summed E-state index contributed by atoms with van der Waals surface area (Å²) in [5.41, 5.74) is 1.64. The van der Waals surface area contributed by atoms with Gasteiger partial charge in [0.05, 0.1) is 43.1 Å². The lowest BCUT2D eigenvalue weighted by atomic mass is 9.77. The van der Waals surface area contributed by atoms with E-state index in [1.165, 1.54) is 11.8 Å². The Balaban J connectivity index is 1.23. The summed E-state index contributed by atoms with van der Waals surface area (Å²) in [7, 11) is 2.05. The van der Waals surface area contributed by atoms with E-state index in [0.29, 0.717) is 37.0 Å². The number of pyridine rings is 1. The summed E-state index contributed by atoms with van der Waals surface area (Å²) in [4.78, 5) is 19.8. The lowest BCUT2D eigenvalue weighted by Gasteiger charge is -2.50. The molecule has 0 amide bonds. The predicted molar refractivity (Wildman–Crippen MR) is 132 cm³/mol. The summed E-state index contributed by atoms with van der Waals surface area (Å²) in [6, 6.07) is 1.95. The largest absolute Gasteiger partial charge is 0.486 e. The number of aliphatic hydroxyl groups excluding tert-OH is 1. The third-order valence-electron chi connectivity index (χ3n) is 8.06. The first-order valence-electron chi connectivity index (χ1n) is 12.4. The number of ether oxygens (including phenoxy) is 3. The van der Waals surface area contributed by atoms with Crippen LogP contribution in [0, 0.1) is 12.3 Å². The van der Waals surface area contributed by atoms with Gasteiger partial charge in [-0.3, -0.25) is 0 Å². The first-order chi connectivity index (χ1) is 16.9. The Hall–Kier alpha value is -2.14. The van der Waals surface area contributed by atoms with Crippen molar-refractivity contribution in [1.29, 1.82) is 0 Å². The van der Waals surface area contributed by atoms with Crippen molar-refractivity contribution in [2.75, 3.05) is 56.4 Å². The topological polar surface area (TPSA) is 93.1 Å². The van der Waals surface area contributed by atoms with Gasteiger partial charge in [0.1, 0.15) is 22.9 Å². The van der Waals surface area contributed by atoms with Crippen LogP contribution in [0.2, 0.25) is 0 Å². The van der Waals surface area contributed by atoms with Gasteiger partial charge in [-0.25, -0.2) is 15.0 Å². The maximum atomic E-state index is 10.2. The van der Waals surface area contributed by atoms with E-state index < -0.39 is 0 Å². The zero-order valence-corrected chi connectivity index (χ0v) is 21.4. The molecule has 3 saturated heterocycles. The van der Waals surface area contributed by atoms with Crippen LogP contribution in [0.25, 0.3) is 0 Å². The number of likely N-dealkylation sites (N-methyl/N-ethyl adjacent to an activating group) is 1. The summed E-state index contributed by atoms with van der Waals surface area (Å²) >= 11 is 1.51. The molecule has 2 aromatic rings. The van der Waals surface area contributed by atoms with Crippen LogP contribution in [-0.4, -0.2) is 78.3 Å². The molecule has 2 aromatic heterocycles. The highest BCUT2D eigenvalue weighted by molar-refractivity contribution is 7.99. The van der Waals surface area contributed by atoms with Crippen molar-refractivity contribution in [3.8, 4) is 5.75 Å². The highest BCUT2D eigenvalue weighted by Crippen LogP contribution is 2.46. The number of piperidine rings is 1. The number of hydrogen-bond donors (Lipinski definition) is 1. The van der Waals surface area contributed by atoms with E-state index in [4.69, 9.17) is 24.2 Å². The van der Waals surface area contributed by atoms with Crippen molar-refractivity contribution in [3.05, 3.63) is 23.7 Å². The molecule has 0 radical (unpaired) electrons. The minimum absolute atomic E-state index is 0.125. The standard InChI is InChI=1S/C25H33N5O4S/c1-16-10-24(12-33-16)5-8-30(9-6-24)21-18(11-31)28-23(17(2)27-21)35-19-4-7-26-22-20(19)34-15-25(29(22)3)13-32-14-25/h4,7,16,31H,5-6,8-15H2,1-3H3/t16-/m0/s1. The number of nitrogens with zero attached hydrogens (tertiary/aromatic N) is 5. The number of fused-ring (bicyclic) bond motifs is 1. The number of rotatable bonds is 4. The summed E-state index contributed by atoms with van der Waals surface area (Å²) in [6.07, 6.45) is 5.46. The van der Waals surface area contributed by atoms with Crippen molar-refractivity contribution in [1.82, 2.24) is 15.0 Å². The molecule has 10 heteroatoms. The van der Waals surface area contributed by atoms with Gasteiger partial charge in [-0.05, 0) is 44.6 Å². The lowest BCUT2D eigenvalue weighted by molar-refractivity contribution is -0.0801. The van der Waals surface area contributed by atoms with E-state index >= 15 is 0 Å². The van der Waals surface area contributed by atoms with Crippen molar-refractivity contribution in [2.45, 2.75) is 61.3 Å². The van der Waals surface area contributed by atoms with Crippen LogP contribution in [0.15, 0.2) is 22.2 Å². The molecule has 35 heavy (non-hydrogen) atoms. The van der Waals surface area contributed by atoms with Crippen LogP contribution >= 0.6 is 11.8 Å². The van der Waals surface area contributed by atoms with E-state index in [0.717, 1.165) is 72.0 Å². The molecule has 0 aliphatic carbocycles. The molecule has 9 nitrogen and oxygen atoms in total. The van der Waals surface area contributed by atoms with Crippen LogP contribution in [-0.2, 0) is 16.1 Å². The van der Waals surface area contributed by atoms with E-state index in [1.807, 2.05) is 13.0 Å². The van der Waals surface area contributed by atoms with E-state index in [-0.39, 0.29) is 12.1 Å². The minimum Gasteiger partial charge on any atom is -0.486 e. The van der Waals surface area contributed by atoms with Crippen LogP contribution in [0.4, 0.5) is 11.6 Å².